The highest BCUT2D eigenvalue weighted by Gasteiger charge is 2.17. The molecule has 7 heteroatoms. The van der Waals surface area contributed by atoms with Gasteiger partial charge in [0.2, 0.25) is 6.41 Å². The number of aromatic nitrogens is 1. The second kappa shape index (κ2) is 11.0. The predicted octanol–water partition coefficient (Wildman–Crippen LogP) is 4.31. The number of fused-ring (bicyclic) bond motifs is 1. The molecule has 1 aromatic heterocycles. The molecule has 0 aliphatic heterocycles. The molecule has 2 aromatic carbocycles. The quantitative estimate of drug-likeness (QED) is 0.256. The van der Waals surface area contributed by atoms with Crippen molar-refractivity contribution in [1.82, 2.24) is 4.57 Å². The molecular formula is C27H29N3O4. The Morgan fingerprint density at radius 3 is 2.65 bits per heavy atom. The summed E-state index contributed by atoms with van der Waals surface area (Å²) in [4.78, 5) is 25.0. The van der Waals surface area contributed by atoms with Crippen LogP contribution in [0, 0.1) is 17.2 Å². The molecule has 1 saturated carbocycles. The molecule has 176 valence electrons. The van der Waals surface area contributed by atoms with Gasteiger partial charge in [0.05, 0.1) is 18.2 Å². The van der Waals surface area contributed by atoms with E-state index in [1.165, 1.54) is 17.7 Å². The Kier molecular flexibility index (Phi) is 7.61. The lowest BCUT2D eigenvalue weighted by Gasteiger charge is -2.18. The zero-order valence-electron chi connectivity index (χ0n) is 19.4. The lowest BCUT2D eigenvalue weighted by Crippen LogP contribution is -2.27. The molecule has 34 heavy (non-hydrogen) atoms. The fraction of sp³-hybridized carbons (Fsp3) is 0.370. The van der Waals surface area contributed by atoms with Crippen molar-refractivity contribution in [3.05, 3.63) is 65.4 Å². The third-order valence-corrected chi connectivity index (χ3v) is 6.46. The maximum Gasteiger partial charge on any atom is 0.332 e. The second-order valence-electron chi connectivity index (χ2n) is 8.81. The Labute approximate surface area is 199 Å². The van der Waals surface area contributed by atoms with E-state index < -0.39 is 5.97 Å². The van der Waals surface area contributed by atoms with Crippen molar-refractivity contribution in [3.63, 3.8) is 0 Å². The molecule has 0 saturated heterocycles. The number of ether oxygens (including phenoxy) is 2. The number of carbonyl (C=O) groups is 2. The average molecular weight is 460 g/mol. The first-order valence-electron chi connectivity index (χ1n) is 11.6. The molecule has 1 fully saturated rings. The van der Waals surface area contributed by atoms with Crippen molar-refractivity contribution in [2.24, 2.45) is 13.0 Å². The first-order valence-corrected chi connectivity index (χ1v) is 11.6. The van der Waals surface area contributed by atoms with E-state index in [4.69, 9.17) is 14.7 Å². The number of amides is 1. The molecule has 3 aromatic rings. The third kappa shape index (κ3) is 5.64. The van der Waals surface area contributed by atoms with Crippen molar-refractivity contribution in [1.29, 1.82) is 5.26 Å². The van der Waals surface area contributed by atoms with Crippen LogP contribution in [0.5, 0.6) is 0 Å². The predicted molar refractivity (Wildman–Crippen MR) is 129 cm³/mol. The van der Waals surface area contributed by atoms with E-state index in [1.54, 1.807) is 0 Å². The van der Waals surface area contributed by atoms with E-state index in [1.807, 2.05) is 49.5 Å². The van der Waals surface area contributed by atoms with E-state index in [0.29, 0.717) is 30.2 Å². The highest BCUT2D eigenvalue weighted by molar-refractivity contribution is 5.88. The summed E-state index contributed by atoms with van der Waals surface area (Å²) >= 11 is 0. The number of carbonyl (C=O) groups excluding carboxylic acids is 2. The molecule has 0 radical (unpaired) electrons. The molecule has 1 aliphatic carbocycles. The van der Waals surface area contributed by atoms with Gasteiger partial charge in [0.25, 0.3) is 0 Å². The minimum Gasteiger partial charge on any atom is -0.464 e. The number of hydrogen-bond acceptors (Lipinski definition) is 5. The number of nitriles is 1. The van der Waals surface area contributed by atoms with Crippen LogP contribution in [-0.2, 0) is 32.5 Å². The molecule has 7 nitrogen and oxygen atoms in total. The molecule has 0 N–H and O–H groups in total. The van der Waals surface area contributed by atoms with Crippen LogP contribution in [0.3, 0.4) is 0 Å². The number of aryl methyl sites for hydroxylation is 1. The van der Waals surface area contributed by atoms with Gasteiger partial charge in [-0.25, -0.2) is 4.79 Å². The summed E-state index contributed by atoms with van der Waals surface area (Å²) < 4.78 is 12.9. The van der Waals surface area contributed by atoms with Gasteiger partial charge in [-0.05, 0) is 60.7 Å². The lowest BCUT2D eigenvalue weighted by atomic mass is 10.1. The maximum absolute atomic E-state index is 11.9. The van der Waals surface area contributed by atoms with Crippen LogP contribution in [0.15, 0.2) is 48.5 Å². The van der Waals surface area contributed by atoms with E-state index >= 15 is 0 Å². The normalized spacial score (nSPS) is 13.6. The van der Waals surface area contributed by atoms with Crippen LogP contribution in [0.4, 0.5) is 5.69 Å². The Hall–Kier alpha value is -3.63. The zero-order valence-corrected chi connectivity index (χ0v) is 19.4. The smallest absolute Gasteiger partial charge is 0.332 e. The van der Waals surface area contributed by atoms with Crippen molar-refractivity contribution >= 4 is 29.0 Å². The Morgan fingerprint density at radius 1 is 1.18 bits per heavy atom. The van der Waals surface area contributed by atoms with Gasteiger partial charge in [0, 0.05) is 35.8 Å². The molecule has 1 aliphatic rings. The summed E-state index contributed by atoms with van der Waals surface area (Å²) in [6.07, 6.45) is 6.07. The summed E-state index contributed by atoms with van der Waals surface area (Å²) in [5, 5.41) is 9.99. The molecule has 1 amide bonds. The Bertz CT molecular complexity index is 1190. The van der Waals surface area contributed by atoms with Crippen LogP contribution < -0.4 is 4.90 Å². The van der Waals surface area contributed by atoms with Gasteiger partial charge in [0.1, 0.15) is 13.3 Å². The van der Waals surface area contributed by atoms with E-state index in [9.17, 15) is 9.59 Å². The van der Waals surface area contributed by atoms with Crippen LogP contribution >= 0.6 is 0 Å². The van der Waals surface area contributed by atoms with Crippen molar-refractivity contribution in [3.8, 4) is 6.07 Å². The highest BCUT2D eigenvalue weighted by atomic mass is 16.6. The average Bonchev–Trinajstić information content (AvgIpc) is 3.49. The van der Waals surface area contributed by atoms with E-state index in [2.05, 4.69) is 16.7 Å². The molecule has 0 atom stereocenters. The van der Waals surface area contributed by atoms with Gasteiger partial charge >= 0.3 is 5.97 Å². The van der Waals surface area contributed by atoms with Gasteiger partial charge in [-0.1, -0.05) is 25.0 Å². The molecule has 0 bridgehead atoms. The van der Waals surface area contributed by atoms with Crippen molar-refractivity contribution in [2.45, 2.75) is 32.1 Å². The van der Waals surface area contributed by atoms with Crippen LogP contribution in [0.2, 0.25) is 0 Å². The van der Waals surface area contributed by atoms with E-state index in [-0.39, 0.29) is 13.3 Å². The number of rotatable bonds is 10. The molecule has 4 rings (SSSR count). The SMILES string of the molecule is Cn1c(Cc2ccc(C#N)cc2)cc2cc(N(C=O)COCC(=O)OCC3CCCC3)ccc21. The van der Waals surface area contributed by atoms with Gasteiger partial charge in [-0.3, -0.25) is 9.69 Å². The van der Waals surface area contributed by atoms with Crippen LogP contribution in [-0.4, -0.2) is 36.9 Å². The van der Waals surface area contributed by atoms with Crippen LogP contribution in [0.1, 0.15) is 42.5 Å². The molecule has 1 heterocycles. The van der Waals surface area contributed by atoms with Gasteiger partial charge in [0.15, 0.2) is 0 Å². The summed E-state index contributed by atoms with van der Waals surface area (Å²) in [5.74, 6) is 0.0681. The fourth-order valence-corrected chi connectivity index (χ4v) is 4.47. The Morgan fingerprint density at radius 2 is 1.94 bits per heavy atom. The van der Waals surface area contributed by atoms with Crippen molar-refractivity contribution in [2.75, 3.05) is 24.8 Å². The second-order valence-corrected chi connectivity index (χ2v) is 8.81. The standard InChI is InChI=1S/C27H29N3O4/c1-29-25(12-20-6-8-21(15-28)9-7-20)14-23-13-24(10-11-26(23)29)30(18-31)19-33-17-27(32)34-16-22-4-2-3-5-22/h6-11,13-14,18,22H,2-5,12,16-17,19H2,1H3. The molecule has 0 unspecified atom stereocenters. The monoisotopic (exact) mass is 459 g/mol. The minimum absolute atomic E-state index is 0.0293. The molecular weight excluding hydrogens is 430 g/mol. The minimum atomic E-state index is -0.399. The fourth-order valence-electron chi connectivity index (χ4n) is 4.47. The summed E-state index contributed by atoms with van der Waals surface area (Å²) in [7, 11) is 2.01. The first-order chi connectivity index (χ1) is 16.6. The van der Waals surface area contributed by atoms with Gasteiger partial charge in [-0.15, -0.1) is 0 Å². The number of hydrogen-bond donors (Lipinski definition) is 0. The highest BCUT2D eigenvalue weighted by Crippen LogP contribution is 2.26. The maximum atomic E-state index is 11.9. The topological polar surface area (TPSA) is 84.6 Å². The zero-order chi connectivity index (χ0) is 23.9. The summed E-state index contributed by atoms with van der Waals surface area (Å²) in [6.45, 7) is 0.243. The Balaban J connectivity index is 1.36. The lowest BCUT2D eigenvalue weighted by molar-refractivity contribution is -0.150. The van der Waals surface area contributed by atoms with E-state index in [0.717, 1.165) is 41.4 Å². The van der Waals surface area contributed by atoms with Gasteiger partial charge < -0.3 is 14.0 Å². The van der Waals surface area contributed by atoms with Gasteiger partial charge in [-0.2, -0.15) is 5.26 Å². The number of benzene rings is 2. The number of nitrogens with zero attached hydrogens (tertiary/aromatic N) is 3. The first kappa shape index (κ1) is 23.5. The van der Waals surface area contributed by atoms with Crippen LogP contribution in [0.25, 0.3) is 10.9 Å². The number of esters is 1. The summed E-state index contributed by atoms with van der Waals surface area (Å²) in [6, 6.07) is 17.6. The third-order valence-electron chi connectivity index (χ3n) is 6.46. The largest absolute Gasteiger partial charge is 0.464 e. The summed E-state index contributed by atoms with van der Waals surface area (Å²) in [5.41, 5.74) is 4.62. The molecule has 0 spiro atoms. The van der Waals surface area contributed by atoms with Crippen molar-refractivity contribution < 1.29 is 19.1 Å². The number of anilines is 1.